The van der Waals surface area contributed by atoms with E-state index in [0.717, 1.165) is 23.9 Å². The second-order valence-corrected chi connectivity index (χ2v) is 6.15. The van der Waals surface area contributed by atoms with Gasteiger partial charge in [0.2, 0.25) is 0 Å². The van der Waals surface area contributed by atoms with Gasteiger partial charge in [0.15, 0.2) is 11.8 Å². The molecule has 2 unspecified atom stereocenters. The van der Waals surface area contributed by atoms with E-state index in [4.69, 9.17) is 4.74 Å². The van der Waals surface area contributed by atoms with E-state index in [1.165, 1.54) is 12.1 Å². The van der Waals surface area contributed by atoms with Crippen LogP contribution >= 0.6 is 0 Å². The van der Waals surface area contributed by atoms with E-state index in [1.54, 1.807) is 25.5 Å². The number of aryl methyl sites for hydroxylation is 1. The summed E-state index contributed by atoms with van der Waals surface area (Å²) in [4.78, 5) is 6.53. The molecule has 134 valence electrons. The standard InChI is InChI=1S/C17H23FN6O/c1-12-9-24(10-15(25-12)13-4-6-14(18)7-5-13)17(19-2)20-8-16-22-21-11-23(16)3/h4-7,11-12,15H,8-10H2,1-3H3,(H,19,20). The predicted octanol–water partition coefficient (Wildman–Crippen LogP) is 1.49. The number of benzene rings is 1. The average Bonchev–Trinajstić information content (AvgIpc) is 3.01. The maximum atomic E-state index is 13.2. The number of aromatic nitrogens is 3. The molecule has 0 aliphatic carbocycles. The third kappa shape index (κ3) is 4.14. The maximum Gasteiger partial charge on any atom is 0.194 e. The molecule has 0 spiro atoms. The van der Waals surface area contributed by atoms with Crippen LogP contribution in [0.2, 0.25) is 0 Å². The van der Waals surface area contributed by atoms with Crippen LogP contribution in [0.5, 0.6) is 0 Å². The number of hydrogen-bond acceptors (Lipinski definition) is 4. The molecule has 2 aromatic rings. The predicted molar refractivity (Wildman–Crippen MR) is 92.5 cm³/mol. The van der Waals surface area contributed by atoms with E-state index in [1.807, 2.05) is 18.5 Å². The van der Waals surface area contributed by atoms with E-state index >= 15 is 0 Å². The van der Waals surface area contributed by atoms with Crippen LogP contribution in [-0.4, -0.2) is 51.9 Å². The second-order valence-electron chi connectivity index (χ2n) is 6.15. The van der Waals surface area contributed by atoms with Crippen LogP contribution in [0.3, 0.4) is 0 Å². The lowest BCUT2D eigenvalue weighted by atomic mass is 10.1. The molecule has 8 heteroatoms. The zero-order chi connectivity index (χ0) is 17.8. The Labute approximate surface area is 146 Å². The van der Waals surface area contributed by atoms with Gasteiger partial charge in [-0.25, -0.2) is 4.39 Å². The summed E-state index contributed by atoms with van der Waals surface area (Å²) in [5.74, 6) is 1.37. The Kier molecular flexibility index (Phi) is 5.28. The van der Waals surface area contributed by atoms with Gasteiger partial charge in [-0.3, -0.25) is 4.99 Å². The molecule has 0 bridgehead atoms. The van der Waals surface area contributed by atoms with E-state index < -0.39 is 0 Å². The van der Waals surface area contributed by atoms with Crippen molar-refractivity contribution in [2.24, 2.45) is 12.0 Å². The van der Waals surface area contributed by atoms with Gasteiger partial charge in [0.05, 0.1) is 19.2 Å². The quantitative estimate of drug-likeness (QED) is 0.674. The normalized spacial score (nSPS) is 21.4. The number of aliphatic imine (C=N–C) groups is 1. The molecule has 1 aromatic carbocycles. The largest absolute Gasteiger partial charge is 0.367 e. The number of morpholine rings is 1. The molecule has 2 heterocycles. The van der Waals surface area contributed by atoms with Crippen molar-refractivity contribution in [3.63, 3.8) is 0 Å². The van der Waals surface area contributed by atoms with E-state index in [2.05, 4.69) is 25.4 Å². The SMILES string of the molecule is CN=C(NCc1nncn1C)N1CC(C)OC(c2ccc(F)cc2)C1. The minimum Gasteiger partial charge on any atom is -0.367 e. The summed E-state index contributed by atoms with van der Waals surface area (Å²) >= 11 is 0. The van der Waals surface area contributed by atoms with Crippen LogP contribution < -0.4 is 5.32 Å². The van der Waals surface area contributed by atoms with Crippen LogP contribution in [0.1, 0.15) is 24.4 Å². The number of nitrogens with zero attached hydrogens (tertiary/aromatic N) is 5. The third-order valence-electron chi connectivity index (χ3n) is 4.22. The fraction of sp³-hybridized carbons (Fsp3) is 0.471. The third-order valence-corrected chi connectivity index (χ3v) is 4.22. The summed E-state index contributed by atoms with van der Waals surface area (Å²) < 4.78 is 21.1. The molecule has 7 nitrogen and oxygen atoms in total. The van der Waals surface area contributed by atoms with Crippen molar-refractivity contribution in [3.8, 4) is 0 Å². The fourth-order valence-corrected chi connectivity index (χ4v) is 2.94. The lowest BCUT2D eigenvalue weighted by molar-refractivity contribution is -0.0605. The summed E-state index contributed by atoms with van der Waals surface area (Å²) in [6.07, 6.45) is 1.58. The molecule has 1 saturated heterocycles. The van der Waals surface area contributed by atoms with Crippen LogP contribution in [-0.2, 0) is 18.3 Å². The molecule has 0 amide bonds. The second kappa shape index (κ2) is 7.60. The lowest BCUT2D eigenvalue weighted by Crippen LogP contribution is -2.50. The van der Waals surface area contributed by atoms with Crippen molar-refractivity contribution in [2.75, 3.05) is 20.1 Å². The Morgan fingerprint density at radius 3 is 2.76 bits per heavy atom. The van der Waals surface area contributed by atoms with E-state index in [0.29, 0.717) is 13.1 Å². The summed E-state index contributed by atoms with van der Waals surface area (Å²) in [7, 11) is 3.66. The molecule has 0 radical (unpaired) electrons. The minimum absolute atomic E-state index is 0.0391. The molecule has 1 fully saturated rings. The summed E-state index contributed by atoms with van der Waals surface area (Å²) in [5.41, 5.74) is 0.960. The monoisotopic (exact) mass is 346 g/mol. The van der Waals surface area contributed by atoms with Gasteiger partial charge in [0, 0.05) is 20.6 Å². The van der Waals surface area contributed by atoms with Crippen LogP contribution in [0.4, 0.5) is 4.39 Å². The molecule has 1 aromatic heterocycles. The van der Waals surface area contributed by atoms with Crippen LogP contribution in [0, 0.1) is 5.82 Å². The number of hydrogen-bond donors (Lipinski definition) is 1. The first-order valence-electron chi connectivity index (χ1n) is 8.26. The zero-order valence-electron chi connectivity index (χ0n) is 14.7. The van der Waals surface area contributed by atoms with Crippen LogP contribution in [0.25, 0.3) is 0 Å². The summed E-state index contributed by atoms with van der Waals surface area (Å²) in [5, 5.41) is 11.3. The topological polar surface area (TPSA) is 67.6 Å². The summed E-state index contributed by atoms with van der Waals surface area (Å²) in [6, 6.07) is 6.46. The molecule has 1 aliphatic rings. The van der Waals surface area contributed by atoms with Crippen LogP contribution in [0.15, 0.2) is 35.6 Å². The van der Waals surface area contributed by atoms with E-state index in [9.17, 15) is 4.39 Å². The lowest BCUT2D eigenvalue weighted by Gasteiger charge is -2.38. The first kappa shape index (κ1) is 17.3. The molecule has 25 heavy (non-hydrogen) atoms. The zero-order valence-corrected chi connectivity index (χ0v) is 14.7. The van der Waals surface area contributed by atoms with Crippen molar-refractivity contribution in [3.05, 3.63) is 47.8 Å². The highest BCUT2D eigenvalue weighted by atomic mass is 19.1. The van der Waals surface area contributed by atoms with Gasteiger partial charge in [0.1, 0.15) is 18.2 Å². The highest BCUT2D eigenvalue weighted by molar-refractivity contribution is 5.80. The maximum absolute atomic E-state index is 13.2. The van der Waals surface area contributed by atoms with Gasteiger partial charge in [-0.2, -0.15) is 0 Å². The Morgan fingerprint density at radius 1 is 1.36 bits per heavy atom. The van der Waals surface area contributed by atoms with Crippen molar-refractivity contribution < 1.29 is 9.13 Å². The first-order valence-corrected chi connectivity index (χ1v) is 8.26. The molecular weight excluding hydrogens is 323 g/mol. The van der Waals surface area contributed by atoms with Gasteiger partial charge in [0.25, 0.3) is 0 Å². The van der Waals surface area contributed by atoms with Gasteiger partial charge in [-0.1, -0.05) is 12.1 Å². The highest BCUT2D eigenvalue weighted by Crippen LogP contribution is 2.25. The summed E-state index contributed by atoms with van der Waals surface area (Å²) in [6.45, 7) is 3.94. The Bertz CT molecular complexity index is 729. The minimum atomic E-state index is -0.245. The van der Waals surface area contributed by atoms with Crippen molar-refractivity contribution in [1.82, 2.24) is 25.0 Å². The molecular formula is C17H23FN6O. The Balaban J connectivity index is 1.68. The van der Waals surface area contributed by atoms with Gasteiger partial charge in [-0.15, -0.1) is 10.2 Å². The average molecular weight is 346 g/mol. The van der Waals surface area contributed by atoms with Crippen molar-refractivity contribution in [2.45, 2.75) is 25.7 Å². The van der Waals surface area contributed by atoms with E-state index in [-0.39, 0.29) is 18.0 Å². The Morgan fingerprint density at radius 2 is 2.12 bits per heavy atom. The molecule has 1 aliphatic heterocycles. The molecule has 1 N–H and O–H groups in total. The van der Waals surface area contributed by atoms with Gasteiger partial charge >= 0.3 is 0 Å². The van der Waals surface area contributed by atoms with Crippen molar-refractivity contribution >= 4 is 5.96 Å². The number of rotatable bonds is 3. The number of ether oxygens (including phenoxy) is 1. The molecule has 3 rings (SSSR count). The Hall–Kier alpha value is -2.48. The molecule has 2 atom stereocenters. The van der Waals surface area contributed by atoms with Gasteiger partial charge in [-0.05, 0) is 24.6 Å². The van der Waals surface area contributed by atoms with Gasteiger partial charge < -0.3 is 19.5 Å². The molecule has 0 saturated carbocycles. The highest BCUT2D eigenvalue weighted by Gasteiger charge is 2.28. The smallest absolute Gasteiger partial charge is 0.194 e. The first-order chi connectivity index (χ1) is 12.1. The number of guanidine groups is 1. The number of halogens is 1. The number of nitrogens with one attached hydrogen (secondary N) is 1. The van der Waals surface area contributed by atoms with Crippen molar-refractivity contribution in [1.29, 1.82) is 0 Å². The fourth-order valence-electron chi connectivity index (χ4n) is 2.94.